The molecule has 1 aromatic heterocycles. The van der Waals surface area contributed by atoms with Crippen molar-refractivity contribution in [3.63, 3.8) is 0 Å². The predicted molar refractivity (Wildman–Crippen MR) is 61.6 cm³/mol. The number of carbonyl (C=O) groups is 1. The van der Waals surface area contributed by atoms with E-state index in [9.17, 15) is 4.79 Å². The lowest BCUT2D eigenvalue weighted by Gasteiger charge is -2.13. The highest BCUT2D eigenvalue weighted by Gasteiger charge is 2.07. The first-order valence-corrected chi connectivity index (χ1v) is 5.28. The van der Waals surface area contributed by atoms with Crippen molar-refractivity contribution in [1.29, 1.82) is 0 Å². The number of furan rings is 1. The molecule has 2 unspecified atom stereocenters. The van der Waals surface area contributed by atoms with E-state index in [0.29, 0.717) is 12.2 Å². The Kier molecular flexibility index (Phi) is 4.79. The molecule has 0 spiro atoms. The highest BCUT2D eigenvalue weighted by molar-refractivity contribution is 5.91. The third-order valence-electron chi connectivity index (χ3n) is 2.03. The van der Waals surface area contributed by atoms with Gasteiger partial charge in [0.1, 0.15) is 5.76 Å². The highest BCUT2D eigenvalue weighted by atomic mass is 16.3. The first-order chi connectivity index (χ1) is 7.58. The molecule has 1 rings (SSSR count). The number of rotatable bonds is 5. The molecule has 1 aromatic rings. The number of hydrogen-bond donors (Lipinski definition) is 2. The van der Waals surface area contributed by atoms with Gasteiger partial charge in [-0.05, 0) is 38.5 Å². The van der Waals surface area contributed by atoms with Crippen LogP contribution in [0.15, 0.2) is 28.9 Å². The fourth-order valence-electron chi connectivity index (χ4n) is 1.41. The van der Waals surface area contributed by atoms with Crippen LogP contribution >= 0.6 is 0 Å². The second kappa shape index (κ2) is 6.12. The number of nitrogens with one attached hydrogen (secondary N) is 1. The van der Waals surface area contributed by atoms with E-state index >= 15 is 0 Å². The van der Waals surface area contributed by atoms with Crippen LogP contribution < -0.4 is 5.32 Å². The highest BCUT2D eigenvalue weighted by Crippen LogP contribution is 2.02. The van der Waals surface area contributed by atoms with Crippen LogP contribution in [0.1, 0.15) is 26.0 Å². The summed E-state index contributed by atoms with van der Waals surface area (Å²) in [5.74, 6) is 0.447. The lowest BCUT2D eigenvalue weighted by atomic mass is 10.1. The van der Waals surface area contributed by atoms with Crippen molar-refractivity contribution < 1.29 is 14.3 Å². The summed E-state index contributed by atoms with van der Waals surface area (Å²) in [7, 11) is 0. The normalized spacial score (nSPS) is 14.9. The van der Waals surface area contributed by atoms with Gasteiger partial charge in [-0.25, -0.2) is 0 Å². The van der Waals surface area contributed by atoms with Crippen molar-refractivity contribution in [3.05, 3.63) is 30.2 Å². The second-order valence-corrected chi connectivity index (χ2v) is 3.84. The molecular weight excluding hydrogens is 206 g/mol. The van der Waals surface area contributed by atoms with Gasteiger partial charge >= 0.3 is 0 Å². The number of amides is 1. The zero-order valence-corrected chi connectivity index (χ0v) is 9.51. The van der Waals surface area contributed by atoms with E-state index in [4.69, 9.17) is 9.52 Å². The molecule has 0 saturated heterocycles. The zero-order valence-electron chi connectivity index (χ0n) is 9.51. The summed E-state index contributed by atoms with van der Waals surface area (Å²) in [6.07, 6.45) is 4.69. The molecule has 0 aliphatic rings. The van der Waals surface area contributed by atoms with Crippen molar-refractivity contribution in [3.8, 4) is 0 Å². The maximum Gasteiger partial charge on any atom is 0.244 e. The van der Waals surface area contributed by atoms with Crippen LogP contribution in [-0.2, 0) is 4.79 Å². The van der Waals surface area contributed by atoms with Crippen LogP contribution in [0.3, 0.4) is 0 Å². The molecule has 1 amide bonds. The quantitative estimate of drug-likeness (QED) is 0.745. The largest absolute Gasteiger partial charge is 0.465 e. The van der Waals surface area contributed by atoms with Crippen molar-refractivity contribution >= 4 is 12.0 Å². The molecule has 0 bridgehead atoms. The molecule has 88 valence electrons. The molecular formula is C12H17NO3. The molecule has 4 nitrogen and oxygen atoms in total. The summed E-state index contributed by atoms with van der Waals surface area (Å²) in [6.45, 7) is 3.55. The summed E-state index contributed by atoms with van der Waals surface area (Å²) in [4.78, 5) is 11.4. The van der Waals surface area contributed by atoms with Gasteiger partial charge in [0.15, 0.2) is 0 Å². The molecule has 0 radical (unpaired) electrons. The van der Waals surface area contributed by atoms with Gasteiger partial charge in [-0.2, -0.15) is 0 Å². The van der Waals surface area contributed by atoms with E-state index < -0.39 is 6.10 Å². The number of hydrogen-bond acceptors (Lipinski definition) is 3. The molecule has 2 N–H and O–H groups in total. The molecule has 0 aliphatic heterocycles. The summed E-state index contributed by atoms with van der Waals surface area (Å²) in [6, 6.07) is 3.48. The molecule has 4 heteroatoms. The minimum Gasteiger partial charge on any atom is -0.465 e. The molecule has 0 fully saturated rings. The lowest BCUT2D eigenvalue weighted by Crippen LogP contribution is -2.33. The van der Waals surface area contributed by atoms with Crippen LogP contribution in [0.4, 0.5) is 0 Å². The van der Waals surface area contributed by atoms with Gasteiger partial charge in [-0.15, -0.1) is 0 Å². The fourth-order valence-corrected chi connectivity index (χ4v) is 1.41. The third-order valence-corrected chi connectivity index (χ3v) is 2.03. The van der Waals surface area contributed by atoms with Crippen LogP contribution in [0.25, 0.3) is 6.08 Å². The Morgan fingerprint density at radius 1 is 1.62 bits per heavy atom. The standard InChI is InChI=1S/C12H17NO3/c1-9(8-10(2)14)13-12(15)6-5-11-4-3-7-16-11/h3-7,9-10,14H,8H2,1-2H3,(H,13,15)/b6-5+. The first kappa shape index (κ1) is 12.5. The van der Waals surface area contributed by atoms with E-state index in [-0.39, 0.29) is 11.9 Å². The number of carbonyl (C=O) groups excluding carboxylic acids is 1. The summed E-state index contributed by atoms with van der Waals surface area (Å²) in [5.41, 5.74) is 0. The van der Waals surface area contributed by atoms with E-state index in [1.54, 1.807) is 31.4 Å². The Hall–Kier alpha value is -1.55. The Labute approximate surface area is 95.0 Å². The average molecular weight is 223 g/mol. The van der Waals surface area contributed by atoms with Crippen LogP contribution in [0.2, 0.25) is 0 Å². The molecule has 0 saturated carbocycles. The SMILES string of the molecule is CC(O)CC(C)NC(=O)/C=C/c1ccco1. The molecule has 16 heavy (non-hydrogen) atoms. The minimum atomic E-state index is -0.413. The second-order valence-electron chi connectivity index (χ2n) is 3.84. The molecule has 2 atom stereocenters. The Bertz CT molecular complexity index is 341. The van der Waals surface area contributed by atoms with Crippen molar-refractivity contribution in [2.24, 2.45) is 0 Å². The monoisotopic (exact) mass is 223 g/mol. The van der Waals surface area contributed by atoms with Crippen LogP contribution in [-0.4, -0.2) is 23.2 Å². The third kappa shape index (κ3) is 4.79. The van der Waals surface area contributed by atoms with Gasteiger partial charge in [0.05, 0.1) is 12.4 Å². The molecule has 0 aliphatic carbocycles. The van der Waals surface area contributed by atoms with Gasteiger partial charge < -0.3 is 14.8 Å². The van der Waals surface area contributed by atoms with Gasteiger partial charge in [0.25, 0.3) is 0 Å². The smallest absolute Gasteiger partial charge is 0.244 e. The van der Waals surface area contributed by atoms with Crippen molar-refractivity contribution in [1.82, 2.24) is 5.32 Å². The molecule has 1 heterocycles. The topological polar surface area (TPSA) is 62.5 Å². The summed E-state index contributed by atoms with van der Waals surface area (Å²) < 4.78 is 5.05. The molecule has 0 aromatic carbocycles. The zero-order chi connectivity index (χ0) is 12.0. The van der Waals surface area contributed by atoms with Gasteiger partial charge in [0.2, 0.25) is 5.91 Å². The Morgan fingerprint density at radius 2 is 2.38 bits per heavy atom. The summed E-state index contributed by atoms with van der Waals surface area (Å²) >= 11 is 0. The van der Waals surface area contributed by atoms with Gasteiger partial charge in [-0.3, -0.25) is 4.79 Å². The van der Waals surface area contributed by atoms with E-state index in [1.807, 2.05) is 6.92 Å². The lowest BCUT2D eigenvalue weighted by molar-refractivity contribution is -0.117. The van der Waals surface area contributed by atoms with Gasteiger partial charge in [0, 0.05) is 12.1 Å². The van der Waals surface area contributed by atoms with Crippen LogP contribution in [0, 0.1) is 0 Å². The maximum absolute atomic E-state index is 11.4. The number of aliphatic hydroxyl groups excluding tert-OH is 1. The van der Waals surface area contributed by atoms with Gasteiger partial charge in [-0.1, -0.05) is 0 Å². The van der Waals surface area contributed by atoms with Crippen molar-refractivity contribution in [2.75, 3.05) is 0 Å². The van der Waals surface area contributed by atoms with Crippen LogP contribution in [0.5, 0.6) is 0 Å². The summed E-state index contributed by atoms with van der Waals surface area (Å²) in [5, 5.41) is 11.9. The minimum absolute atomic E-state index is 0.0475. The van der Waals surface area contributed by atoms with Crippen molar-refractivity contribution in [2.45, 2.75) is 32.4 Å². The van der Waals surface area contributed by atoms with E-state index in [1.165, 1.54) is 6.08 Å². The fraction of sp³-hybridized carbons (Fsp3) is 0.417. The van der Waals surface area contributed by atoms with E-state index in [2.05, 4.69) is 5.32 Å². The Balaban J connectivity index is 2.36. The van der Waals surface area contributed by atoms with E-state index in [0.717, 1.165) is 0 Å². The Morgan fingerprint density at radius 3 is 2.94 bits per heavy atom. The average Bonchev–Trinajstić information content (AvgIpc) is 2.65. The number of aliphatic hydroxyl groups is 1. The first-order valence-electron chi connectivity index (χ1n) is 5.28. The predicted octanol–water partition coefficient (Wildman–Crippen LogP) is 1.57. The maximum atomic E-state index is 11.4.